The fourth-order valence-corrected chi connectivity index (χ4v) is 4.08. The SMILES string of the molecule is COCCn1c(C(C)N(CCCCCCN)C(=O)c2ccccc2F)nc2ccccc2c1=O. The van der Waals surface area contributed by atoms with Gasteiger partial charge in [-0.2, -0.15) is 0 Å². The number of hydrogen-bond donors (Lipinski definition) is 1. The van der Waals surface area contributed by atoms with Crippen LogP contribution in [-0.2, 0) is 11.3 Å². The van der Waals surface area contributed by atoms with Gasteiger partial charge in [0, 0.05) is 13.7 Å². The summed E-state index contributed by atoms with van der Waals surface area (Å²) in [6, 6.07) is 12.5. The molecule has 2 aromatic carbocycles. The van der Waals surface area contributed by atoms with Crippen LogP contribution in [0.2, 0.25) is 0 Å². The summed E-state index contributed by atoms with van der Waals surface area (Å²) in [5.41, 5.74) is 5.97. The summed E-state index contributed by atoms with van der Waals surface area (Å²) >= 11 is 0. The van der Waals surface area contributed by atoms with Crippen molar-refractivity contribution in [3.8, 4) is 0 Å². The molecule has 3 aromatic rings. The number of unbranched alkanes of at least 4 members (excludes halogenated alkanes) is 3. The van der Waals surface area contributed by atoms with Crippen molar-refractivity contribution < 1.29 is 13.9 Å². The maximum Gasteiger partial charge on any atom is 0.261 e. The second-order valence-corrected chi connectivity index (χ2v) is 8.29. The topological polar surface area (TPSA) is 90.4 Å². The van der Waals surface area contributed by atoms with Crippen molar-refractivity contribution in [1.29, 1.82) is 0 Å². The van der Waals surface area contributed by atoms with E-state index in [1.165, 1.54) is 12.1 Å². The first-order valence-electron chi connectivity index (χ1n) is 11.7. The predicted octanol–water partition coefficient (Wildman–Crippen LogP) is 3.90. The zero-order valence-corrected chi connectivity index (χ0v) is 19.9. The highest BCUT2D eigenvalue weighted by Gasteiger charge is 2.28. The second kappa shape index (κ2) is 12.4. The number of benzene rings is 2. The van der Waals surface area contributed by atoms with E-state index in [0.717, 1.165) is 25.7 Å². The number of nitrogens with zero attached hydrogens (tertiary/aromatic N) is 3. The molecule has 0 bridgehead atoms. The van der Waals surface area contributed by atoms with Crippen molar-refractivity contribution in [1.82, 2.24) is 14.5 Å². The molecule has 0 aliphatic carbocycles. The van der Waals surface area contributed by atoms with Crippen molar-refractivity contribution in [2.45, 2.75) is 45.2 Å². The van der Waals surface area contributed by atoms with E-state index in [1.54, 1.807) is 46.9 Å². The maximum atomic E-state index is 14.5. The first kappa shape index (κ1) is 25.5. The molecule has 1 heterocycles. The van der Waals surface area contributed by atoms with Crippen LogP contribution in [0.1, 0.15) is 54.8 Å². The van der Waals surface area contributed by atoms with Crippen LogP contribution in [0.25, 0.3) is 10.9 Å². The van der Waals surface area contributed by atoms with Crippen molar-refractivity contribution in [3.63, 3.8) is 0 Å². The van der Waals surface area contributed by atoms with Gasteiger partial charge in [-0.3, -0.25) is 14.2 Å². The van der Waals surface area contributed by atoms with Gasteiger partial charge in [-0.1, -0.05) is 37.1 Å². The summed E-state index contributed by atoms with van der Waals surface area (Å²) < 4.78 is 21.3. The molecule has 1 unspecified atom stereocenters. The third-order valence-corrected chi connectivity index (χ3v) is 5.97. The van der Waals surface area contributed by atoms with E-state index in [-0.39, 0.29) is 11.1 Å². The second-order valence-electron chi connectivity index (χ2n) is 8.29. The average Bonchev–Trinajstić information content (AvgIpc) is 2.85. The van der Waals surface area contributed by atoms with E-state index in [9.17, 15) is 14.0 Å². The van der Waals surface area contributed by atoms with Crippen molar-refractivity contribution in [2.75, 3.05) is 26.8 Å². The smallest absolute Gasteiger partial charge is 0.261 e. The quantitative estimate of drug-likeness (QED) is 0.407. The van der Waals surface area contributed by atoms with E-state index >= 15 is 0 Å². The lowest BCUT2D eigenvalue weighted by Gasteiger charge is -2.31. The number of halogens is 1. The Labute approximate surface area is 199 Å². The Morgan fingerprint density at radius 1 is 1.12 bits per heavy atom. The third-order valence-electron chi connectivity index (χ3n) is 5.97. The van der Waals surface area contributed by atoms with Crippen molar-refractivity contribution >= 4 is 16.8 Å². The largest absolute Gasteiger partial charge is 0.383 e. The molecule has 34 heavy (non-hydrogen) atoms. The molecule has 8 heteroatoms. The fourth-order valence-electron chi connectivity index (χ4n) is 4.08. The van der Waals surface area contributed by atoms with Crippen LogP contribution in [0.3, 0.4) is 0 Å². The Hall–Kier alpha value is -3.10. The predicted molar refractivity (Wildman–Crippen MR) is 131 cm³/mol. The Morgan fingerprint density at radius 3 is 2.56 bits per heavy atom. The third kappa shape index (κ3) is 5.87. The molecule has 1 aromatic heterocycles. The van der Waals surface area contributed by atoms with Crippen LogP contribution in [0.5, 0.6) is 0 Å². The molecule has 1 atom stereocenters. The van der Waals surface area contributed by atoms with E-state index in [1.807, 2.05) is 13.0 Å². The summed E-state index contributed by atoms with van der Waals surface area (Å²) in [5, 5.41) is 0.503. The number of fused-ring (bicyclic) bond motifs is 1. The van der Waals surface area contributed by atoms with E-state index in [0.29, 0.717) is 43.0 Å². The number of nitrogens with two attached hydrogens (primary N) is 1. The molecule has 7 nitrogen and oxygen atoms in total. The van der Waals surface area contributed by atoms with Gasteiger partial charge in [0.15, 0.2) is 0 Å². The fraction of sp³-hybridized carbons (Fsp3) is 0.423. The molecule has 0 fully saturated rings. The summed E-state index contributed by atoms with van der Waals surface area (Å²) in [5.74, 6) is -0.548. The number of hydrogen-bond acceptors (Lipinski definition) is 5. The number of methoxy groups -OCH3 is 1. The summed E-state index contributed by atoms with van der Waals surface area (Å²) in [4.78, 5) is 33.2. The van der Waals surface area contributed by atoms with Crippen LogP contribution < -0.4 is 11.3 Å². The van der Waals surface area contributed by atoms with Crippen molar-refractivity contribution in [2.24, 2.45) is 5.73 Å². The molecule has 0 aliphatic rings. The lowest BCUT2D eigenvalue weighted by atomic mass is 10.1. The Morgan fingerprint density at radius 2 is 1.82 bits per heavy atom. The monoisotopic (exact) mass is 468 g/mol. The van der Waals surface area contributed by atoms with Gasteiger partial charge in [-0.25, -0.2) is 9.37 Å². The first-order valence-corrected chi connectivity index (χ1v) is 11.7. The van der Waals surface area contributed by atoms with Gasteiger partial charge in [-0.15, -0.1) is 0 Å². The van der Waals surface area contributed by atoms with Gasteiger partial charge in [0.2, 0.25) is 0 Å². The van der Waals surface area contributed by atoms with Gasteiger partial charge >= 0.3 is 0 Å². The van der Waals surface area contributed by atoms with Crippen molar-refractivity contribution in [3.05, 3.63) is 76.1 Å². The van der Waals surface area contributed by atoms with Gasteiger partial charge in [0.25, 0.3) is 11.5 Å². The standard InChI is InChI=1S/C26H33FN4O3/c1-19(24-29-23-14-8-6-12-21(23)26(33)31(24)17-18-34-2)30(16-10-4-3-9-15-28)25(32)20-11-5-7-13-22(20)27/h5-8,11-14,19H,3-4,9-10,15-18,28H2,1-2H3. The highest BCUT2D eigenvalue weighted by molar-refractivity contribution is 5.94. The number of carbonyl (C=O) groups is 1. The Balaban J connectivity index is 2.03. The minimum Gasteiger partial charge on any atom is -0.383 e. The molecule has 0 saturated heterocycles. The van der Waals surface area contributed by atoms with Crippen LogP contribution in [0.4, 0.5) is 4.39 Å². The summed E-state index contributed by atoms with van der Waals surface area (Å²) in [7, 11) is 1.57. The molecule has 1 amide bonds. The van der Waals surface area contributed by atoms with Crippen LogP contribution >= 0.6 is 0 Å². The molecular formula is C26H33FN4O3. The number of amides is 1. The molecule has 182 valence electrons. The zero-order chi connectivity index (χ0) is 24.5. The minimum absolute atomic E-state index is 0.00267. The minimum atomic E-state index is -0.573. The van der Waals surface area contributed by atoms with Crippen LogP contribution in [0, 0.1) is 5.82 Å². The Kier molecular flexibility index (Phi) is 9.30. The van der Waals surface area contributed by atoms with Crippen LogP contribution in [-0.4, -0.2) is 47.2 Å². The normalized spacial score (nSPS) is 12.1. The molecule has 0 radical (unpaired) electrons. The summed E-state index contributed by atoms with van der Waals surface area (Å²) in [6.45, 7) is 3.48. The molecular weight excluding hydrogens is 435 g/mol. The molecule has 0 saturated carbocycles. The lowest BCUT2D eigenvalue weighted by Crippen LogP contribution is -2.39. The number of carbonyl (C=O) groups excluding carboxylic acids is 1. The van der Waals surface area contributed by atoms with E-state index in [4.69, 9.17) is 15.5 Å². The first-order chi connectivity index (χ1) is 16.5. The molecule has 0 spiro atoms. The number of para-hydroxylation sites is 1. The Bertz CT molecular complexity index is 1160. The van der Waals surface area contributed by atoms with Gasteiger partial charge < -0.3 is 15.4 Å². The highest BCUT2D eigenvalue weighted by Crippen LogP contribution is 2.24. The molecule has 3 rings (SSSR count). The molecule has 0 aliphatic heterocycles. The number of aromatic nitrogens is 2. The zero-order valence-electron chi connectivity index (χ0n) is 19.9. The number of rotatable bonds is 12. The van der Waals surface area contributed by atoms with Gasteiger partial charge in [0.05, 0.1) is 35.7 Å². The van der Waals surface area contributed by atoms with E-state index in [2.05, 4.69) is 0 Å². The summed E-state index contributed by atoms with van der Waals surface area (Å²) in [6.07, 6.45) is 3.51. The molecule has 2 N–H and O–H groups in total. The highest BCUT2D eigenvalue weighted by atomic mass is 19.1. The average molecular weight is 469 g/mol. The van der Waals surface area contributed by atoms with Crippen LogP contribution in [0.15, 0.2) is 53.3 Å². The number of ether oxygens (including phenoxy) is 1. The lowest BCUT2D eigenvalue weighted by molar-refractivity contribution is 0.0668. The maximum absolute atomic E-state index is 14.5. The van der Waals surface area contributed by atoms with Gasteiger partial charge in [-0.05, 0) is 50.6 Å². The van der Waals surface area contributed by atoms with E-state index < -0.39 is 17.8 Å². The van der Waals surface area contributed by atoms with Gasteiger partial charge in [0.1, 0.15) is 11.6 Å².